The summed E-state index contributed by atoms with van der Waals surface area (Å²) >= 11 is 2.11. The third-order valence-corrected chi connectivity index (χ3v) is 3.63. The first-order chi connectivity index (χ1) is 5.38. The maximum absolute atomic E-state index is 3.56. The second kappa shape index (κ2) is 5.04. The summed E-state index contributed by atoms with van der Waals surface area (Å²) in [6.45, 7) is 5.61. The molecule has 2 unspecified atom stereocenters. The fourth-order valence-corrected chi connectivity index (χ4v) is 3.11. The molecule has 1 saturated heterocycles. The van der Waals surface area contributed by atoms with E-state index in [4.69, 9.17) is 0 Å². The minimum atomic E-state index is 0.787. The Morgan fingerprint density at radius 1 is 1.55 bits per heavy atom. The molecule has 0 saturated carbocycles. The van der Waals surface area contributed by atoms with Gasteiger partial charge in [0.1, 0.15) is 0 Å². The van der Waals surface area contributed by atoms with Gasteiger partial charge in [-0.3, -0.25) is 0 Å². The van der Waals surface area contributed by atoms with Crippen LogP contribution in [0.1, 0.15) is 26.7 Å². The molecule has 0 spiro atoms. The van der Waals surface area contributed by atoms with E-state index in [1.54, 1.807) is 0 Å². The van der Waals surface area contributed by atoms with Crippen molar-refractivity contribution in [3.8, 4) is 0 Å². The van der Waals surface area contributed by atoms with Crippen LogP contribution in [0.4, 0.5) is 0 Å². The van der Waals surface area contributed by atoms with Gasteiger partial charge in [-0.2, -0.15) is 11.8 Å². The van der Waals surface area contributed by atoms with Crippen LogP contribution >= 0.6 is 11.8 Å². The molecule has 1 heterocycles. The van der Waals surface area contributed by atoms with Gasteiger partial charge in [0.15, 0.2) is 0 Å². The van der Waals surface area contributed by atoms with E-state index in [2.05, 4.69) is 30.9 Å². The molecule has 1 N–H and O–H groups in total. The van der Waals surface area contributed by atoms with E-state index in [0.717, 1.165) is 18.5 Å². The van der Waals surface area contributed by atoms with Gasteiger partial charge >= 0.3 is 0 Å². The fourth-order valence-electron chi connectivity index (χ4n) is 1.78. The van der Waals surface area contributed by atoms with Gasteiger partial charge in [-0.05, 0) is 36.8 Å². The molecule has 1 aliphatic rings. The summed E-state index contributed by atoms with van der Waals surface area (Å²) in [6.07, 6.45) is 2.72. The second-order valence-corrected chi connectivity index (χ2v) is 4.35. The Morgan fingerprint density at radius 3 is 2.82 bits per heavy atom. The predicted molar refractivity (Wildman–Crippen MR) is 53.2 cm³/mol. The lowest BCUT2D eigenvalue weighted by Gasteiger charge is -2.21. The molecule has 1 fully saturated rings. The van der Waals surface area contributed by atoms with E-state index in [0.29, 0.717) is 0 Å². The molecule has 0 aromatic rings. The zero-order valence-corrected chi connectivity index (χ0v) is 8.41. The van der Waals surface area contributed by atoms with Crippen molar-refractivity contribution in [2.45, 2.75) is 32.7 Å². The fraction of sp³-hybridized carbons (Fsp3) is 1.00. The second-order valence-electron chi connectivity index (χ2n) is 3.20. The molecule has 1 nitrogen and oxygen atoms in total. The first-order valence-electron chi connectivity index (χ1n) is 4.69. The van der Waals surface area contributed by atoms with E-state index in [9.17, 15) is 0 Å². The number of nitrogens with one attached hydrogen (secondary N) is 1. The lowest BCUT2D eigenvalue weighted by Crippen LogP contribution is -2.35. The van der Waals surface area contributed by atoms with Crippen LogP contribution in [0.5, 0.6) is 0 Å². The van der Waals surface area contributed by atoms with Gasteiger partial charge in [-0.1, -0.05) is 13.8 Å². The molecule has 0 amide bonds. The standard InChI is InChI=1S/C9H19NS/c1-3-9(10-4-2)8-5-6-11-7-8/h8-10H,3-7H2,1-2H3. The van der Waals surface area contributed by atoms with Gasteiger partial charge in [-0.15, -0.1) is 0 Å². The first kappa shape index (κ1) is 9.40. The van der Waals surface area contributed by atoms with Gasteiger partial charge in [0, 0.05) is 6.04 Å². The van der Waals surface area contributed by atoms with Crippen LogP contribution in [0.2, 0.25) is 0 Å². The van der Waals surface area contributed by atoms with Crippen molar-refractivity contribution in [3.63, 3.8) is 0 Å². The Hall–Kier alpha value is 0.310. The summed E-state index contributed by atoms with van der Waals surface area (Å²) in [5, 5.41) is 3.56. The minimum absolute atomic E-state index is 0.787. The highest BCUT2D eigenvalue weighted by atomic mass is 32.2. The Labute approximate surface area is 74.3 Å². The molecule has 0 aliphatic carbocycles. The summed E-state index contributed by atoms with van der Waals surface area (Å²) in [4.78, 5) is 0. The summed E-state index contributed by atoms with van der Waals surface area (Å²) in [7, 11) is 0. The first-order valence-corrected chi connectivity index (χ1v) is 5.85. The van der Waals surface area contributed by atoms with E-state index < -0.39 is 0 Å². The molecule has 1 aliphatic heterocycles. The summed E-state index contributed by atoms with van der Waals surface area (Å²) < 4.78 is 0. The van der Waals surface area contributed by atoms with Crippen molar-refractivity contribution in [1.82, 2.24) is 5.32 Å². The number of thioether (sulfide) groups is 1. The van der Waals surface area contributed by atoms with E-state index >= 15 is 0 Å². The molecular formula is C9H19NS. The quantitative estimate of drug-likeness (QED) is 0.699. The topological polar surface area (TPSA) is 12.0 Å². The third kappa shape index (κ3) is 2.68. The molecule has 2 atom stereocenters. The van der Waals surface area contributed by atoms with Gasteiger partial charge in [0.2, 0.25) is 0 Å². The molecule has 0 aromatic heterocycles. The molecule has 66 valence electrons. The van der Waals surface area contributed by atoms with Gasteiger partial charge in [0.05, 0.1) is 0 Å². The average Bonchev–Trinajstić information content (AvgIpc) is 2.52. The third-order valence-electron chi connectivity index (χ3n) is 2.44. The van der Waals surface area contributed by atoms with Gasteiger partial charge in [-0.25, -0.2) is 0 Å². The lowest BCUT2D eigenvalue weighted by molar-refractivity contribution is 0.380. The predicted octanol–water partition coefficient (Wildman–Crippen LogP) is 2.13. The van der Waals surface area contributed by atoms with Crippen molar-refractivity contribution >= 4 is 11.8 Å². The monoisotopic (exact) mass is 173 g/mol. The van der Waals surface area contributed by atoms with Crippen LogP contribution < -0.4 is 5.32 Å². The molecule has 1 rings (SSSR count). The van der Waals surface area contributed by atoms with Gasteiger partial charge < -0.3 is 5.32 Å². The van der Waals surface area contributed by atoms with E-state index in [1.165, 1.54) is 24.3 Å². The average molecular weight is 173 g/mol. The number of hydrogen-bond acceptors (Lipinski definition) is 2. The lowest BCUT2D eigenvalue weighted by atomic mass is 9.97. The zero-order chi connectivity index (χ0) is 8.10. The summed E-state index contributed by atoms with van der Waals surface area (Å²) in [5.41, 5.74) is 0. The van der Waals surface area contributed by atoms with Crippen LogP contribution in [0.15, 0.2) is 0 Å². The van der Waals surface area contributed by atoms with Crippen molar-refractivity contribution in [2.75, 3.05) is 18.1 Å². The van der Waals surface area contributed by atoms with Crippen molar-refractivity contribution in [1.29, 1.82) is 0 Å². The highest BCUT2D eigenvalue weighted by Crippen LogP contribution is 2.27. The zero-order valence-electron chi connectivity index (χ0n) is 7.60. The van der Waals surface area contributed by atoms with E-state index in [-0.39, 0.29) is 0 Å². The minimum Gasteiger partial charge on any atom is -0.314 e. The number of hydrogen-bond donors (Lipinski definition) is 1. The SMILES string of the molecule is CCNC(CC)C1CCSC1. The summed E-state index contributed by atoms with van der Waals surface area (Å²) in [5.74, 6) is 3.71. The molecule has 0 bridgehead atoms. The van der Waals surface area contributed by atoms with Gasteiger partial charge in [0.25, 0.3) is 0 Å². The Bertz CT molecular complexity index is 99.7. The smallest absolute Gasteiger partial charge is 0.0101 e. The van der Waals surface area contributed by atoms with Crippen molar-refractivity contribution < 1.29 is 0 Å². The number of rotatable bonds is 4. The molecular weight excluding hydrogens is 154 g/mol. The highest BCUT2D eigenvalue weighted by molar-refractivity contribution is 7.99. The molecule has 0 radical (unpaired) electrons. The molecule has 0 aromatic carbocycles. The molecule has 2 heteroatoms. The summed E-state index contributed by atoms with van der Waals surface area (Å²) in [6, 6.07) is 0.787. The largest absolute Gasteiger partial charge is 0.314 e. The Morgan fingerprint density at radius 2 is 2.36 bits per heavy atom. The molecule has 11 heavy (non-hydrogen) atoms. The Kier molecular flexibility index (Phi) is 4.31. The maximum Gasteiger partial charge on any atom is 0.0101 e. The van der Waals surface area contributed by atoms with Crippen LogP contribution in [0.25, 0.3) is 0 Å². The van der Waals surface area contributed by atoms with Crippen LogP contribution in [0, 0.1) is 5.92 Å². The Balaban J connectivity index is 2.27. The highest BCUT2D eigenvalue weighted by Gasteiger charge is 2.22. The van der Waals surface area contributed by atoms with Crippen molar-refractivity contribution in [2.24, 2.45) is 5.92 Å². The maximum atomic E-state index is 3.56. The van der Waals surface area contributed by atoms with Crippen LogP contribution in [-0.2, 0) is 0 Å². The van der Waals surface area contributed by atoms with Crippen LogP contribution in [0.3, 0.4) is 0 Å². The normalized spacial score (nSPS) is 27.3. The van der Waals surface area contributed by atoms with E-state index in [1.807, 2.05) is 0 Å². The van der Waals surface area contributed by atoms with Crippen molar-refractivity contribution in [3.05, 3.63) is 0 Å². The van der Waals surface area contributed by atoms with Crippen LogP contribution in [-0.4, -0.2) is 24.1 Å².